The molecule has 2 heterocycles. The molecular weight excluding hydrogens is 152 g/mol. The van der Waals surface area contributed by atoms with Crippen LogP contribution >= 0.6 is 0 Å². The van der Waals surface area contributed by atoms with E-state index in [2.05, 4.69) is 17.3 Å². The van der Waals surface area contributed by atoms with Crippen LogP contribution < -0.4 is 11.1 Å². The molecule has 0 spiro atoms. The second-order valence-corrected chi connectivity index (χ2v) is 3.05. The molecule has 2 rings (SSSR count). The van der Waals surface area contributed by atoms with Crippen LogP contribution in [0.4, 0.5) is 5.82 Å². The smallest absolute Gasteiger partial charge is 0.149 e. The molecule has 66 valence electrons. The van der Waals surface area contributed by atoms with E-state index in [0.29, 0.717) is 5.82 Å². The molecule has 0 radical (unpaired) electrons. The minimum absolute atomic E-state index is 0.716. The fourth-order valence-electron chi connectivity index (χ4n) is 1.71. The molecule has 12 heavy (non-hydrogen) atoms. The van der Waals surface area contributed by atoms with Crippen LogP contribution in [0.15, 0.2) is 0 Å². The Bertz CT molecular complexity index is 289. The first-order valence-corrected chi connectivity index (χ1v) is 4.37. The summed E-state index contributed by atoms with van der Waals surface area (Å²) in [5, 5.41) is 7.58. The fraction of sp³-hybridized carbons (Fsp3) is 0.625. The first-order valence-electron chi connectivity index (χ1n) is 4.37. The molecule has 0 bridgehead atoms. The van der Waals surface area contributed by atoms with Gasteiger partial charge in [-0.3, -0.25) is 4.68 Å². The van der Waals surface area contributed by atoms with Gasteiger partial charge in [-0.1, -0.05) is 0 Å². The molecule has 0 saturated carbocycles. The lowest BCUT2D eigenvalue weighted by molar-refractivity contribution is 0.560. The maximum absolute atomic E-state index is 5.78. The summed E-state index contributed by atoms with van der Waals surface area (Å²) in [5.41, 5.74) is 8.29. The van der Waals surface area contributed by atoms with E-state index in [1.165, 1.54) is 11.3 Å². The summed E-state index contributed by atoms with van der Waals surface area (Å²) in [4.78, 5) is 0. The Hall–Kier alpha value is -1.03. The van der Waals surface area contributed by atoms with Gasteiger partial charge in [0.1, 0.15) is 5.82 Å². The third-order valence-corrected chi connectivity index (χ3v) is 2.34. The number of aryl methyl sites for hydroxylation is 1. The molecule has 0 amide bonds. The molecule has 4 heteroatoms. The van der Waals surface area contributed by atoms with Gasteiger partial charge in [0.2, 0.25) is 0 Å². The van der Waals surface area contributed by atoms with E-state index in [1.54, 1.807) is 0 Å². The van der Waals surface area contributed by atoms with Crippen LogP contribution in [0.5, 0.6) is 0 Å². The van der Waals surface area contributed by atoms with Crippen molar-refractivity contribution in [3.05, 3.63) is 11.3 Å². The van der Waals surface area contributed by atoms with Gasteiger partial charge >= 0.3 is 0 Å². The van der Waals surface area contributed by atoms with Crippen LogP contribution in [0.3, 0.4) is 0 Å². The summed E-state index contributed by atoms with van der Waals surface area (Å²) in [6.07, 6.45) is 1.02. The van der Waals surface area contributed by atoms with Crippen LogP contribution in [-0.2, 0) is 19.5 Å². The zero-order valence-electron chi connectivity index (χ0n) is 7.30. The van der Waals surface area contributed by atoms with Gasteiger partial charge in [-0.25, -0.2) is 0 Å². The highest BCUT2D eigenvalue weighted by Crippen LogP contribution is 2.19. The van der Waals surface area contributed by atoms with Gasteiger partial charge in [0, 0.05) is 18.7 Å². The Kier molecular flexibility index (Phi) is 1.77. The fourth-order valence-corrected chi connectivity index (χ4v) is 1.71. The summed E-state index contributed by atoms with van der Waals surface area (Å²) in [6, 6.07) is 0. The van der Waals surface area contributed by atoms with Crippen LogP contribution in [0, 0.1) is 0 Å². The van der Waals surface area contributed by atoms with Crippen molar-refractivity contribution >= 4 is 5.82 Å². The largest absolute Gasteiger partial charge is 0.382 e. The normalized spacial score (nSPS) is 16.1. The average Bonchev–Trinajstić information content (AvgIpc) is 2.44. The van der Waals surface area contributed by atoms with Crippen LogP contribution in [0.1, 0.15) is 18.2 Å². The third-order valence-electron chi connectivity index (χ3n) is 2.34. The zero-order valence-corrected chi connectivity index (χ0v) is 7.30. The molecule has 0 unspecified atom stereocenters. The van der Waals surface area contributed by atoms with Crippen LogP contribution in [0.2, 0.25) is 0 Å². The van der Waals surface area contributed by atoms with Crippen molar-refractivity contribution in [1.29, 1.82) is 0 Å². The van der Waals surface area contributed by atoms with E-state index in [4.69, 9.17) is 5.73 Å². The number of anilines is 1. The lowest BCUT2D eigenvalue weighted by atomic mass is 10.1. The number of fused-ring (bicyclic) bond motifs is 1. The number of nitrogens with two attached hydrogens (primary N) is 1. The Labute approximate surface area is 71.7 Å². The molecule has 0 fully saturated rings. The number of hydrogen-bond acceptors (Lipinski definition) is 3. The van der Waals surface area contributed by atoms with Gasteiger partial charge in [0.15, 0.2) is 0 Å². The quantitative estimate of drug-likeness (QED) is 0.623. The average molecular weight is 166 g/mol. The van der Waals surface area contributed by atoms with Crippen molar-refractivity contribution in [2.75, 3.05) is 12.3 Å². The first kappa shape index (κ1) is 7.61. The molecule has 3 N–H and O–H groups in total. The second kappa shape index (κ2) is 2.79. The van der Waals surface area contributed by atoms with E-state index in [9.17, 15) is 0 Å². The molecule has 4 nitrogen and oxygen atoms in total. The van der Waals surface area contributed by atoms with Gasteiger partial charge < -0.3 is 11.1 Å². The minimum Gasteiger partial charge on any atom is -0.382 e. The van der Waals surface area contributed by atoms with Gasteiger partial charge in [-0.2, -0.15) is 5.10 Å². The summed E-state index contributed by atoms with van der Waals surface area (Å²) in [6.45, 7) is 4.92. The monoisotopic (exact) mass is 166 g/mol. The highest BCUT2D eigenvalue weighted by molar-refractivity contribution is 5.43. The molecule has 1 aliphatic rings. The Balaban J connectivity index is 2.47. The van der Waals surface area contributed by atoms with Crippen molar-refractivity contribution in [1.82, 2.24) is 15.1 Å². The summed E-state index contributed by atoms with van der Waals surface area (Å²) >= 11 is 0. The van der Waals surface area contributed by atoms with E-state index < -0.39 is 0 Å². The van der Waals surface area contributed by atoms with Crippen molar-refractivity contribution in [3.8, 4) is 0 Å². The molecule has 1 aromatic rings. The maximum Gasteiger partial charge on any atom is 0.149 e. The van der Waals surface area contributed by atoms with E-state index in [1.807, 2.05) is 4.68 Å². The number of rotatable bonds is 1. The van der Waals surface area contributed by atoms with E-state index in [0.717, 1.165) is 26.1 Å². The second-order valence-electron chi connectivity index (χ2n) is 3.05. The molecule has 1 aromatic heterocycles. The Morgan fingerprint density at radius 2 is 2.50 bits per heavy atom. The summed E-state index contributed by atoms with van der Waals surface area (Å²) < 4.78 is 1.98. The number of aromatic nitrogens is 2. The lowest BCUT2D eigenvalue weighted by Crippen LogP contribution is -2.25. The predicted molar refractivity (Wildman–Crippen MR) is 47.7 cm³/mol. The topological polar surface area (TPSA) is 55.9 Å². The molecule has 0 aromatic carbocycles. The standard InChI is InChI=1S/C8H14N4/c1-2-12-7-5-10-4-3-6(7)8(9)11-12/h10H,2-5H2,1H3,(H2,9,11). The van der Waals surface area contributed by atoms with Crippen molar-refractivity contribution < 1.29 is 0 Å². The summed E-state index contributed by atoms with van der Waals surface area (Å²) in [5.74, 6) is 0.716. The first-order chi connectivity index (χ1) is 5.83. The van der Waals surface area contributed by atoms with Crippen molar-refractivity contribution in [2.45, 2.75) is 26.4 Å². The van der Waals surface area contributed by atoms with E-state index >= 15 is 0 Å². The third kappa shape index (κ3) is 0.992. The van der Waals surface area contributed by atoms with Crippen molar-refractivity contribution in [2.24, 2.45) is 0 Å². The molecular formula is C8H14N4. The number of nitrogen functional groups attached to an aromatic ring is 1. The van der Waals surface area contributed by atoms with Gasteiger partial charge in [-0.05, 0) is 19.9 Å². The zero-order chi connectivity index (χ0) is 8.55. The summed E-state index contributed by atoms with van der Waals surface area (Å²) in [7, 11) is 0. The highest BCUT2D eigenvalue weighted by Gasteiger charge is 2.17. The number of nitrogens with one attached hydrogen (secondary N) is 1. The van der Waals surface area contributed by atoms with E-state index in [-0.39, 0.29) is 0 Å². The Morgan fingerprint density at radius 3 is 3.25 bits per heavy atom. The molecule has 0 atom stereocenters. The predicted octanol–water partition coefficient (Wildman–Crippen LogP) is 0.131. The van der Waals surface area contributed by atoms with Gasteiger partial charge in [-0.15, -0.1) is 0 Å². The van der Waals surface area contributed by atoms with Crippen LogP contribution in [-0.4, -0.2) is 16.3 Å². The highest BCUT2D eigenvalue weighted by atomic mass is 15.3. The SMILES string of the molecule is CCn1nc(N)c2c1CNCC2. The van der Waals surface area contributed by atoms with Gasteiger partial charge in [0.25, 0.3) is 0 Å². The Morgan fingerprint density at radius 1 is 1.67 bits per heavy atom. The van der Waals surface area contributed by atoms with Gasteiger partial charge in [0.05, 0.1) is 5.69 Å². The molecule has 1 aliphatic heterocycles. The van der Waals surface area contributed by atoms with Crippen LogP contribution in [0.25, 0.3) is 0 Å². The van der Waals surface area contributed by atoms with Crippen molar-refractivity contribution in [3.63, 3.8) is 0 Å². The number of hydrogen-bond donors (Lipinski definition) is 2. The maximum atomic E-state index is 5.78. The molecule has 0 saturated heterocycles. The minimum atomic E-state index is 0.716. The number of nitrogens with zero attached hydrogens (tertiary/aromatic N) is 2. The molecule has 0 aliphatic carbocycles. The lowest BCUT2D eigenvalue weighted by Gasteiger charge is -2.14.